The second-order valence-corrected chi connectivity index (χ2v) is 7.76. The summed E-state index contributed by atoms with van der Waals surface area (Å²) in [6.45, 7) is 2.28. The predicted molar refractivity (Wildman–Crippen MR) is 101 cm³/mol. The third-order valence-electron chi connectivity index (χ3n) is 4.40. The van der Waals surface area contributed by atoms with Gasteiger partial charge in [0.1, 0.15) is 16.5 Å². The molecule has 2 aromatic carbocycles. The van der Waals surface area contributed by atoms with Crippen LogP contribution >= 0.6 is 0 Å². The number of nitrogens with zero attached hydrogens (tertiary/aromatic N) is 1. The van der Waals surface area contributed by atoms with Crippen LogP contribution in [-0.4, -0.2) is 28.2 Å². The number of methoxy groups -OCH3 is 1. The number of sulfonamides is 1. The summed E-state index contributed by atoms with van der Waals surface area (Å²) in [6, 6.07) is 12.4. The molecular weight excluding hydrogens is 368 g/mol. The molecule has 4 rings (SSSR count). The average Bonchev–Trinajstić information content (AvgIpc) is 3.21. The Morgan fingerprint density at radius 3 is 2.59 bits per heavy atom. The van der Waals surface area contributed by atoms with Gasteiger partial charge in [-0.25, -0.2) is 8.42 Å². The van der Waals surface area contributed by atoms with E-state index in [0.29, 0.717) is 40.8 Å². The van der Waals surface area contributed by atoms with Gasteiger partial charge in [0, 0.05) is 5.57 Å². The third-order valence-corrected chi connectivity index (χ3v) is 5.95. The normalized spacial score (nSPS) is 18.7. The second kappa shape index (κ2) is 6.62. The van der Waals surface area contributed by atoms with Crippen LogP contribution in [-0.2, 0) is 16.6 Å². The summed E-state index contributed by atoms with van der Waals surface area (Å²) in [5.41, 5.74) is 2.08. The molecule has 0 spiro atoms. The van der Waals surface area contributed by atoms with E-state index in [-0.39, 0.29) is 11.7 Å². The molecule has 2 aliphatic heterocycles. The average molecular weight is 386 g/mol. The van der Waals surface area contributed by atoms with Gasteiger partial charge in [-0.15, -0.1) is 0 Å². The summed E-state index contributed by atoms with van der Waals surface area (Å²) in [4.78, 5) is 4.68. The predicted octanol–water partition coefficient (Wildman–Crippen LogP) is 2.69. The Morgan fingerprint density at radius 2 is 1.85 bits per heavy atom. The topological polar surface area (TPSA) is 86.2 Å². The zero-order valence-corrected chi connectivity index (χ0v) is 15.7. The van der Waals surface area contributed by atoms with Crippen LogP contribution in [0.25, 0.3) is 4.91 Å². The van der Waals surface area contributed by atoms with Gasteiger partial charge in [0.05, 0.1) is 13.7 Å². The lowest BCUT2D eigenvalue weighted by Crippen LogP contribution is -2.23. The molecule has 0 fully saturated rings. The Kier molecular flexibility index (Phi) is 4.27. The summed E-state index contributed by atoms with van der Waals surface area (Å²) in [5.74, 6) is 2.38. The molecular formula is C19H18N2O5S. The Labute approximate surface area is 157 Å². The number of benzene rings is 2. The number of ether oxygens (including phenoxy) is 3. The lowest BCUT2D eigenvalue weighted by atomic mass is 10.1. The summed E-state index contributed by atoms with van der Waals surface area (Å²) >= 11 is 0. The van der Waals surface area contributed by atoms with Crippen molar-refractivity contribution >= 4 is 20.8 Å². The van der Waals surface area contributed by atoms with Gasteiger partial charge < -0.3 is 14.2 Å². The number of rotatable bonds is 4. The lowest BCUT2D eigenvalue weighted by molar-refractivity contribution is 0.174. The molecule has 2 heterocycles. The van der Waals surface area contributed by atoms with E-state index < -0.39 is 10.0 Å². The number of aliphatic imine (C=N–C) groups is 1. The van der Waals surface area contributed by atoms with Gasteiger partial charge in [0.15, 0.2) is 11.5 Å². The first-order chi connectivity index (χ1) is 13.0. The fraction of sp³-hybridized carbons (Fsp3) is 0.211. The molecule has 0 saturated heterocycles. The van der Waals surface area contributed by atoms with Gasteiger partial charge in [0.25, 0.3) is 10.0 Å². The number of amidine groups is 1. The van der Waals surface area contributed by atoms with Gasteiger partial charge in [0.2, 0.25) is 6.79 Å². The van der Waals surface area contributed by atoms with E-state index in [9.17, 15) is 8.42 Å². The zero-order valence-electron chi connectivity index (χ0n) is 14.9. The van der Waals surface area contributed by atoms with Gasteiger partial charge in [-0.2, -0.15) is 0 Å². The van der Waals surface area contributed by atoms with E-state index in [4.69, 9.17) is 14.2 Å². The van der Waals surface area contributed by atoms with Crippen molar-refractivity contribution in [2.75, 3.05) is 13.9 Å². The van der Waals surface area contributed by atoms with Crippen molar-refractivity contribution in [3.8, 4) is 17.2 Å². The molecule has 7 nitrogen and oxygen atoms in total. The molecule has 1 N–H and O–H groups in total. The first-order valence-electron chi connectivity index (χ1n) is 8.29. The van der Waals surface area contributed by atoms with Gasteiger partial charge in [-0.3, -0.25) is 9.71 Å². The first kappa shape index (κ1) is 17.4. The lowest BCUT2D eigenvalue weighted by Gasteiger charge is -2.04. The van der Waals surface area contributed by atoms with Gasteiger partial charge in [-0.05, 0) is 54.4 Å². The molecule has 0 unspecified atom stereocenters. The van der Waals surface area contributed by atoms with E-state index in [1.807, 2.05) is 18.2 Å². The highest BCUT2D eigenvalue weighted by Crippen LogP contribution is 2.33. The summed E-state index contributed by atoms with van der Waals surface area (Å²) in [7, 11) is -2.09. The number of hydrogen-bond acceptors (Lipinski definition) is 6. The third kappa shape index (κ3) is 3.23. The van der Waals surface area contributed by atoms with Crippen LogP contribution in [0.5, 0.6) is 17.2 Å². The number of nitrogens with one attached hydrogen (secondary N) is 1. The minimum Gasteiger partial charge on any atom is -0.497 e. The monoisotopic (exact) mass is 386 g/mol. The van der Waals surface area contributed by atoms with Crippen LogP contribution in [0.15, 0.2) is 53.0 Å². The minimum absolute atomic E-state index is 0.209. The maximum Gasteiger partial charge on any atom is 0.264 e. The fourth-order valence-electron chi connectivity index (χ4n) is 3.04. The largest absolute Gasteiger partial charge is 0.497 e. The second-order valence-electron chi connectivity index (χ2n) is 6.14. The highest BCUT2D eigenvalue weighted by atomic mass is 32.2. The van der Waals surface area contributed by atoms with Crippen LogP contribution in [0, 0.1) is 0 Å². The molecule has 0 amide bonds. The van der Waals surface area contributed by atoms with Crippen LogP contribution in [0.2, 0.25) is 0 Å². The fourth-order valence-corrected chi connectivity index (χ4v) is 4.56. The smallest absolute Gasteiger partial charge is 0.264 e. The van der Waals surface area contributed by atoms with Crippen LogP contribution < -0.4 is 18.9 Å². The molecule has 0 bridgehead atoms. The summed E-state index contributed by atoms with van der Waals surface area (Å²) in [6.07, 6.45) is 0. The maximum atomic E-state index is 12.6. The molecule has 0 aliphatic carbocycles. The summed E-state index contributed by atoms with van der Waals surface area (Å²) in [5, 5.41) is 0. The van der Waals surface area contributed by atoms with E-state index in [1.165, 1.54) is 0 Å². The molecule has 2 aliphatic rings. The van der Waals surface area contributed by atoms with Crippen molar-refractivity contribution in [2.45, 2.75) is 13.5 Å². The molecule has 27 heavy (non-hydrogen) atoms. The molecule has 0 radical (unpaired) electrons. The van der Waals surface area contributed by atoms with E-state index in [1.54, 1.807) is 38.3 Å². The highest BCUT2D eigenvalue weighted by Gasteiger charge is 2.32. The molecule has 2 aromatic rings. The molecule has 8 heteroatoms. The molecule has 140 valence electrons. The molecule has 0 saturated carbocycles. The van der Waals surface area contributed by atoms with E-state index in [2.05, 4.69) is 9.71 Å². The van der Waals surface area contributed by atoms with Crippen molar-refractivity contribution in [3.63, 3.8) is 0 Å². The molecule has 0 atom stereocenters. The standard InChI is InChI=1S/C19H18N2O5S/c1-12-18(14-4-6-15(24-2)7-5-14)27(22,23)21-19(12)20-10-13-3-8-16-17(9-13)26-11-25-16/h3-9H,10-11H2,1-2H3,(H,20,21). The van der Waals surface area contributed by atoms with Crippen molar-refractivity contribution in [1.29, 1.82) is 0 Å². The van der Waals surface area contributed by atoms with Crippen molar-refractivity contribution < 1.29 is 22.6 Å². The Morgan fingerprint density at radius 1 is 1.11 bits per heavy atom. The zero-order chi connectivity index (χ0) is 19.0. The van der Waals surface area contributed by atoms with Crippen molar-refractivity contribution in [2.24, 2.45) is 4.99 Å². The van der Waals surface area contributed by atoms with Crippen molar-refractivity contribution in [1.82, 2.24) is 4.72 Å². The van der Waals surface area contributed by atoms with Crippen LogP contribution in [0.4, 0.5) is 0 Å². The Bertz CT molecular complexity index is 1060. The number of fused-ring (bicyclic) bond motifs is 1. The van der Waals surface area contributed by atoms with Crippen molar-refractivity contribution in [3.05, 3.63) is 59.2 Å². The highest BCUT2D eigenvalue weighted by molar-refractivity contribution is 8.00. The summed E-state index contributed by atoms with van der Waals surface area (Å²) < 4.78 is 43.5. The van der Waals surface area contributed by atoms with Gasteiger partial charge >= 0.3 is 0 Å². The maximum absolute atomic E-state index is 12.6. The molecule has 0 aromatic heterocycles. The first-order valence-corrected chi connectivity index (χ1v) is 9.78. The SMILES string of the molecule is COc1ccc(C2=C(C)C(=NCc3ccc4c(c3)OCO4)NS2(=O)=O)cc1. The quantitative estimate of drug-likeness (QED) is 0.873. The Hall–Kier alpha value is -3.00. The minimum atomic E-state index is -3.66. The Balaban J connectivity index is 1.63. The van der Waals surface area contributed by atoms with Crippen LogP contribution in [0.1, 0.15) is 18.1 Å². The number of hydrogen-bond donors (Lipinski definition) is 1. The van der Waals surface area contributed by atoms with Crippen LogP contribution in [0.3, 0.4) is 0 Å². The van der Waals surface area contributed by atoms with Gasteiger partial charge in [-0.1, -0.05) is 6.07 Å². The van der Waals surface area contributed by atoms with E-state index in [0.717, 1.165) is 5.56 Å². The van der Waals surface area contributed by atoms with E-state index >= 15 is 0 Å².